The molecular weight excluding hydrogens is 623 g/mol. The van der Waals surface area contributed by atoms with Gasteiger partial charge in [-0.1, -0.05) is 174 Å². The maximum atomic E-state index is 12.8. The quantitative estimate of drug-likeness (QED) is 0.0379. The number of aliphatic hydroxyl groups excluding tert-OH is 1. The van der Waals surface area contributed by atoms with Crippen molar-refractivity contribution in [3.05, 3.63) is 0 Å². The molecule has 0 fully saturated rings. The third kappa shape index (κ3) is 34.0. The smallest absolute Gasteiger partial charge is 0.268 e. The summed E-state index contributed by atoms with van der Waals surface area (Å²) in [5.41, 5.74) is 0. The average molecular weight is 705 g/mol. The molecule has 0 aliphatic heterocycles. The molecule has 3 unspecified atom stereocenters. The van der Waals surface area contributed by atoms with Crippen molar-refractivity contribution < 1.29 is 32.9 Å². The van der Waals surface area contributed by atoms with E-state index in [-0.39, 0.29) is 19.1 Å². The number of rotatable bonds is 37. The second-order valence-electron chi connectivity index (χ2n) is 15.4. The summed E-state index contributed by atoms with van der Waals surface area (Å²) in [6.45, 7) is 4.71. The molecule has 9 heteroatoms. The van der Waals surface area contributed by atoms with Crippen LogP contribution in [0.5, 0.6) is 0 Å². The van der Waals surface area contributed by atoms with Crippen LogP contribution in [0.2, 0.25) is 0 Å². The van der Waals surface area contributed by atoms with Gasteiger partial charge >= 0.3 is 0 Å². The topological polar surface area (TPSA) is 108 Å². The largest absolute Gasteiger partial charge is 0.756 e. The SMILES string of the molecule is CCCCCCCCCCCCCCCCCCC(=O)NC(COP(=O)([O-])OCC[N+](C)(C)C)C(O)CCCCCCCCCCCC. The molecule has 48 heavy (non-hydrogen) atoms. The number of nitrogens with zero attached hydrogens (tertiary/aromatic N) is 1. The van der Waals surface area contributed by atoms with Crippen molar-refractivity contribution in [2.75, 3.05) is 40.9 Å². The van der Waals surface area contributed by atoms with Gasteiger partial charge in [0.2, 0.25) is 5.91 Å². The first-order chi connectivity index (χ1) is 23.0. The first-order valence-corrected chi connectivity index (χ1v) is 21.8. The van der Waals surface area contributed by atoms with E-state index >= 15 is 0 Å². The van der Waals surface area contributed by atoms with Gasteiger partial charge in [0.25, 0.3) is 7.82 Å². The van der Waals surface area contributed by atoms with Gasteiger partial charge in [-0.25, -0.2) is 0 Å². The minimum Gasteiger partial charge on any atom is -0.756 e. The summed E-state index contributed by atoms with van der Waals surface area (Å²) in [6, 6.07) is -0.790. The Morgan fingerprint density at radius 1 is 0.646 bits per heavy atom. The molecule has 0 aromatic heterocycles. The number of phosphoric acid groups is 1. The van der Waals surface area contributed by atoms with E-state index in [0.29, 0.717) is 23.9 Å². The van der Waals surface area contributed by atoms with Crippen molar-refractivity contribution in [1.82, 2.24) is 5.32 Å². The summed E-state index contributed by atoms with van der Waals surface area (Å²) in [7, 11) is 1.31. The second-order valence-corrected chi connectivity index (χ2v) is 16.8. The van der Waals surface area contributed by atoms with E-state index in [2.05, 4.69) is 19.2 Å². The number of phosphoric ester groups is 1. The Bertz CT molecular complexity index is 763. The minimum absolute atomic E-state index is 0.0156. The Kier molecular flexibility index (Phi) is 32.1. The molecule has 0 aromatic carbocycles. The number of carbonyl (C=O) groups is 1. The zero-order valence-electron chi connectivity index (χ0n) is 32.5. The van der Waals surface area contributed by atoms with Crippen LogP contribution in [0.25, 0.3) is 0 Å². The Labute approximate surface area is 298 Å². The molecule has 0 spiro atoms. The van der Waals surface area contributed by atoms with E-state index in [1.807, 2.05) is 21.1 Å². The lowest BCUT2D eigenvalue weighted by Gasteiger charge is -2.30. The highest BCUT2D eigenvalue weighted by atomic mass is 31.2. The number of aliphatic hydroxyl groups is 1. The van der Waals surface area contributed by atoms with Crippen LogP contribution >= 0.6 is 7.82 Å². The maximum Gasteiger partial charge on any atom is 0.268 e. The molecule has 0 heterocycles. The molecule has 0 radical (unpaired) electrons. The number of hydrogen-bond donors (Lipinski definition) is 2. The molecule has 2 N–H and O–H groups in total. The standard InChI is InChI=1S/C39H81N2O6P/c1-6-8-10-12-14-16-18-19-20-21-22-23-25-27-29-31-33-39(43)40-37(36-47-48(44,45)46-35-34-41(3,4)5)38(42)32-30-28-26-24-17-15-13-11-9-7-2/h37-38,42H,6-36H2,1-5H3,(H-,40,43,44,45). The number of likely N-dealkylation sites (N-methyl/N-ethyl adjacent to an activating group) is 1. The van der Waals surface area contributed by atoms with Crippen LogP contribution in [0.1, 0.15) is 194 Å². The van der Waals surface area contributed by atoms with Crippen molar-refractivity contribution in [3.8, 4) is 0 Å². The van der Waals surface area contributed by atoms with E-state index in [4.69, 9.17) is 9.05 Å². The van der Waals surface area contributed by atoms with Crippen molar-refractivity contribution in [1.29, 1.82) is 0 Å². The highest BCUT2D eigenvalue weighted by Crippen LogP contribution is 2.38. The van der Waals surface area contributed by atoms with Crippen molar-refractivity contribution in [2.24, 2.45) is 0 Å². The highest BCUT2D eigenvalue weighted by molar-refractivity contribution is 7.45. The van der Waals surface area contributed by atoms with E-state index in [1.165, 1.54) is 128 Å². The first-order valence-electron chi connectivity index (χ1n) is 20.4. The van der Waals surface area contributed by atoms with Gasteiger partial charge in [-0.05, 0) is 12.8 Å². The Morgan fingerprint density at radius 3 is 1.42 bits per heavy atom. The Morgan fingerprint density at radius 2 is 1.02 bits per heavy atom. The predicted molar refractivity (Wildman–Crippen MR) is 201 cm³/mol. The van der Waals surface area contributed by atoms with Gasteiger partial charge < -0.3 is 28.8 Å². The first kappa shape index (κ1) is 47.5. The molecule has 0 bridgehead atoms. The van der Waals surface area contributed by atoms with Crippen LogP contribution in [0.3, 0.4) is 0 Å². The van der Waals surface area contributed by atoms with E-state index in [0.717, 1.165) is 38.5 Å². The summed E-state index contributed by atoms with van der Waals surface area (Å²) < 4.78 is 23.2. The summed E-state index contributed by atoms with van der Waals surface area (Å²) in [5, 5.41) is 13.8. The Hall–Kier alpha value is -0.500. The van der Waals surface area contributed by atoms with Crippen LogP contribution in [0, 0.1) is 0 Å². The summed E-state index contributed by atoms with van der Waals surface area (Å²) in [6.07, 6.45) is 32.4. The lowest BCUT2D eigenvalue weighted by molar-refractivity contribution is -0.870. The zero-order valence-corrected chi connectivity index (χ0v) is 33.4. The third-order valence-corrected chi connectivity index (χ3v) is 10.3. The molecule has 0 aliphatic rings. The van der Waals surface area contributed by atoms with Gasteiger partial charge in [0.1, 0.15) is 13.2 Å². The summed E-state index contributed by atoms with van der Waals surface area (Å²) in [5.74, 6) is -0.164. The van der Waals surface area contributed by atoms with Crippen LogP contribution in [0.4, 0.5) is 0 Å². The van der Waals surface area contributed by atoms with Crippen LogP contribution in [-0.4, -0.2) is 68.5 Å². The number of unbranched alkanes of at least 4 members (excludes halogenated alkanes) is 24. The van der Waals surface area contributed by atoms with Crippen molar-refractivity contribution in [2.45, 2.75) is 206 Å². The van der Waals surface area contributed by atoms with Crippen LogP contribution < -0.4 is 10.2 Å². The van der Waals surface area contributed by atoms with E-state index in [9.17, 15) is 19.4 Å². The van der Waals surface area contributed by atoms with Gasteiger partial charge in [-0.3, -0.25) is 9.36 Å². The number of quaternary nitrogens is 1. The molecule has 0 saturated carbocycles. The molecule has 3 atom stereocenters. The van der Waals surface area contributed by atoms with Crippen LogP contribution in [-0.2, 0) is 18.4 Å². The fraction of sp³-hybridized carbons (Fsp3) is 0.974. The molecule has 0 rings (SSSR count). The molecule has 8 nitrogen and oxygen atoms in total. The summed E-state index contributed by atoms with van der Waals surface area (Å²) >= 11 is 0. The van der Waals surface area contributed by atoms with Gasteiger partial charge in [0.15, 0.2) is 0 Å². The van der Waals surface area contributed by atoms with E-state index in [1.54, 1.807) is 0 Å². The van der Waals surface area contributed by atoms with Gasteiger partial charge in [-0.15, -0.1) is 0 Å². The summed E-state index contributed by atoms with van der Waals surface area (Å²) in [4.78, 5) is 25.2. The zero-order chi connectivity index (χ0) is 35.8. The second kappa shape index (κ2) is 32.4. The minimum atomic E-state index is -4.55. The monoisotopic (exact) mass is 705 g/mol. The van der Waals surface area contributed by atoms with Gasteiger partial charge in [0.05, 0.1) is 39.9 Å². The van der Waals surface area contributed by atoms with E-state index < -0.39 is 20.0 Å². The molecule has 288 valence electrons. The predicted octanol–water partition coefficient (Wildman–Crippen LogP) is 10.0. The van der Waals surface area contributed by atoms with Gasteiger partial charge in [0, 0.05) is 6.42 Å². The Balaban J connectivity index is 4.34. The third-order valence-electron chi connectivity index (χ3n) is 9.35. The lowest BCUT2D eigenvalue weighted by Crippen LogP contribution is -2.46. The van der Waals surface area contributed by atoms with Crippen molar-refractivity contribution >= 4 is 13.7 Å². The number of carbonyl (C=O) groups excluding carboxylic acids is 1. The number of nitrogens with one attached hydrogen (secondary N) is 1. The van der Waals surface area contributed by atoms with Crippen LogP contribution in [0.15, 0.2) is 0 Å². The molecule has 0 aromatic rings. The molecular formula is C39H81N2O6P. The molecule has 0 aliphatic carbocycles. The average Bonchev–Trinajstić information content (AvgIpc) is 3.02. The van der Waals surface area contributed by atoms with Gasteiger partial charge in [-0.2, -0.15) is 0 Å². The maximum absolute atomic E-state index is 12.8. The number of hydrogen-bond acceptors (Lipinski definition) is 6. The number of amides is 1. The van der Waals surface area contributed by atoms with Crippen molar-refractivity contribution in [3.63, 3.8) is 0 Å². The molecule has 0 saturated heterocycles. The fourth-order valence-electron chi connectivity index (χ4n) is 6.04. The molecule has 1 amide bonds. The highest BCUT2D eigenvalue weighted by Gasteiger charge is 2.24. The fourth-order valence-corrected chi connectivity index (χ4v) is 6.76. The normalized spacial score (nSPS) is 14.6. The lowest BCUT2D eigenvalue weighted by atomic mass is 10.0.